The highest BCUT2D eigenvalue weighted by molar-refractivity contribution is 9.10. The van der Waals surface area contributed by atoms with E-state index in [1.54, 1.807) is 0 Å². The van der Waals surface area contributed by atoms with E-state index < -0.39 is 0 Å². The summed E-state index contributed by atoms with van der Waals surface area (Å²) in [5.41, 5.74) is 6.44. The predicted molar refractivity (Wildman–Crippen MR) is 69.7 cm³/mol. The van der Waals surface area contributed by atoms with Crippen molar-refractivity contribution in [1.82, 2.24) is 4.90 Å². The summed E-state index contributed by atoms with van der Waals surface area (Å²) >= 11 is 3.47. The van der Waals surface area contributed by atoms with E-state index in [2.05, 4.69) is 27.9 Å². The molecule has 1 saturated heterocycles. The second-order valence-corrected chi connectivity index (χ2v) is 5.16. The molecule has 0 aliphatic carbocycles. The number of anilines is 1. The molecule has 0 atom stereocenters. The lowest BCUT2D eigenvalue weighted by Crippen LogP contribution is -2.35. The van der Waals surface area contributed by atoms with Gasteiger partial charge in [0.1, 0.15) is 11.9 Å². The van der Waals surface area contributed by atoms with Crippen molar-refractivity contribution in [1.29, 1.82) is 0 Å². The summed E-state index contributed by atoms with van der Waals surface area (Å²) in [5, 5.41) is 0. The van der Waals surface area contributed by atoms with Crippen molar-refractivity contribution in [2.75, 3.05) is 25.9 Å². The van der Waals surface area contributed by atoms with Gasteiger partial charge in [0.25, 0.3) is 0 Å². The molecular weight excluding hydrogens is 268 g/mol. The molecule has 1 aliphatic rings. The van der Waals surface area contributed by atoms with Gasteiger partial charge in [0, 0.05) is 18.8 Å². The molecule has 0 amide bonds. The molecular formula is C12H17BrN2O. The van der Waals surface area contributed by atoms with Gasteiger partial charge < -0.3 is 15.4 Å². The molecule has 0 radical (unpaired) electrons. The summed E-state index contributed by atoms with van der Waals surface area (Å²) in [4.78, 5) is 2.33. The van der Waals surface area contributed by atoms with Crippen LogP contribution in [0.5, 0.6) is 5.75 Å². The van der Waals surface area contributed by atoms with Crippen LogP contribution in [0.25, 0.3) is 0 Å². The normalized spacial score (nSPS) is 18.6. The quantitative estimate of drug-likeness (QED) is 0.848. The molecule has 1 aromatic carbocycles. The van der Waals surface area contributed by atoms with E-state index in [1.165, 1.54) is 0 Å². The first-order valence-electron chi connectivity index (χ1n) is 5.55. The molecule has 1 aliphatic heterocycles. The molecule has 2 rings (SSSR count). The number of piperidine rings is 1. The van der Waals surface area contributed by atoms with Crippen molar-refractivity contribution in [3.05, 3.63) is 22.7 Å². The highest BCUT2D eigenvalue weighted by Gasteiger charge is 2.18. The zero-order chi connectivity index (χ0) is 11.5. The van der Waals surface area contributed by atoms with Crippen LogP contribution in [-0.2, 0) is 0 Å². The van der Waals surface area contributed by atoms with Gasteiger partial charge >= 0.3 is 0 Å². The SMILES string of the molecule is CN1CCC(Oc2ccc(N)cc2Br)CC1. The molecule has 2 N–H and O–H groups in total. The average molecular weight is 285 g/mol. The van der Waals surface area contributed by atoms with Crippen LogP contribution in [0.2, 0.25) is 0 Å². The van der Waals surface area contributed by atoms with Gasteiger partial charge in [-0.05, 0) is 54.0 Å². The van der Waals surface area contributed by atoms with Gasteiger partial charge in [0.15, 0.2) is 0 Å². The lowest BCUT2D eigenvalue weighted by Gasteiger charge is -2.29. The zero-order valence-corrected chi connectivity index (χ0v) is 11.0. The number of rotatable bonds is 2. The number of hydrogen-bond donors (Lipinski definition) is 1. The minimum atomic E-state index is 0.330. The van der Waals surface area contributed by atoms with Crippen LogP contribution in [-0.4, -0.2) is 31.1 Å². The topological polar surface area (TPSA) is 38.5 Å². The molecule has 1 heterocycles. The highest BCUT2D eigenvalue weighted by atomic mass is 79.9. The van der Waals surface area contributed by atoms with Crippen LogP contribution < -0.4 is 10.5 Å². The number of hydrogen-bond acceptors (Lipinski definition) is 3. The Morgan fingerprint density at radius 3 is 2.69 bits per heavy atom. The fourth-order valence-corrected chi connectivity index (χ4v) is 2.38. The van der Waals surface area contributed by atoms with Crippen molar-refractivity contribution in [2.45, 2.75) is 18.9 Å². The fraction of sp³-hybridized carbons (Fsp3) is 0.500. The van der Waals surface area contributed by atoms with Crippen molar-refractivity contribution < 1.29 is 4.74 Å². The summed E-state index contributed by atoms with van der Waals surface area (Å²) in [6.07, 6.45) is 2.51. The molecule has 1 fully saturated rings. The van der Waals surface area contributed by atoms with E-state index in [4.69, 9.17) is 10.5 Å². The van der Waals surface area contributed by atoms with E-state index in [0.717, 1.165) is 41.8 Å². The summed E-state index contributed by atoms with van der Waals surface area (Å²) in [6.45, 7) is 2.22. The standard InChI is InChI=1S/C12H17BrN2O/c1-15-6-4-10(5-7-15)16-12-3-2-9(14)8-11(12)13/h2-3,8,10H,4-7,14H2,1H3. The summed E-state index contributed by atoms with van der Waals surface area (Å²) in [5.74, 6) is 0.892. The van der Waals surface area contributed by atoms with Crippen LogP contribution in [0.3, 0.4) is 0 Å². The first kappa shape index (κ1) is 11.7. The lowest BCUT2D eigenvalue weighted by atomic mass is 10.1. The van der Waals surface area contributed by atoms with Crippen molar-refractivity contribution in [3.63, 3.8) is 0 Å². The van der Waals surface area contributed by atoms with E-state index in [9.17, 15) is 0 Å². The summed E-state index contributed by atoms with van der Waals surface area (Å²) in [7, 11) is 2.15. The second-order valence-electron chi connectivity index (χ2n) is 4.31. The number of nitrogen functional groups attached to an aromatic ring is 1. The Kier molecular flexibility index (Phi) is 3.71. The average Bonchev–Trinajstić information content (AvgIpc) is 2.25. The largest absolute Gasteiger partial charge is 0.489 e. The molecule has 0 saturated carbocycles. The smallest absolute Gasteiger partial charge is 0.134 e. The van der Waals surface area contributed by atoms with E-state index >= 15 is 0 Å². The summed E-state index contributed by atoms with van der Waals surface area (Å²) < 4.78 is 6.90. The highest BCUT2D eigenvalue weighted by Crippen LogP contribution is 2.29. The number of benzene rings is 1. The van der Waals surface area contributed by atoms with Gasteiger partial charge in [-0.15, -0.1) is 0 Å². The maximum absolute atomic E-state index is 5.96. The minimum Gasteiger partial charge on any atom is -0.489 e. The molecule has 3 nitrogen and oxygen atoms in total. The molecule has 0 unspecified atom stereocenters. The fourth-order valence-electron chi connectivity index (χ4n) is 1.89. The molecule has 0 aromatic heterocycles. The first-order chi connectivity index (χ1) is 7.65. The first-order valence-corrected chi connectivity index (χ1v) is 6.34. The summed E-state index contributed by atoms with van der Waals surface area (Å²) in [6, 6.07) is 5.68. The molecule has 16 heavy (non-hydrogen) atoms. The Morgan fingerprint density at radius 1 is 1.38 bits per heavy atom. The Balaban J connectivity index is 1.98. The minimum absolute atomic E-state index is 0.330. The van der Waals surface area contributed by atoms with Gasteiger partial charge in [0.05, 0.1) is 4.47 Å². The number of halogens is 1. The monoisotopic (exact) mass is 284 g/mol. The van der Waals surface area contributed by atoms with Gasteiger partial charge in [-0.3, -0.25) is 0 Å². The third-order valence-electron chi connectivity index (χ3n) is 2.92. The van der Waals surface area contributed by atoms with E-state index in [1.807, 2.05) is 18.2 Å². The van der Waals surface area contributed by atoms with Gasteiger partial charge in [0.2, 0.25) is 0 Å². The van der Waals surface area contributed by atoms with Crippen molar-refractivity contribution in [3.8, 4) is 5.75 Å². The lowest BCUT2D eigenvalue weighted by molar-refractivity contribution is 0.113. The maximum atomic E-state index is 5.96. The number of nitrogens with zero attached hydrogens (tertiary/aromatic N) is 1. The molecule has 88 valence electrons. The molecule has 0 spiro atoms. The molecule has 4 heteroatoms. The van der Waals surface area contributed by atoms with Crippen LogP contribution >= 0.6 is 15.9 Å². The number of likely N-dealkylation sites (tertiary alicyclic amines) is 1. The van der Waals surface area contributed by atoms with Crippen molar-refractivity contribution >= 4 is 21.6 Å². The van der Waals surface area contributed by atoms with Gasteiger partial charge in [-0.25, -0.2) is 0 Å². The maximum Gasteiger partial charge on any atom is 0.134 e. The second kappa shape index (κ2) is 5.06. The van der Waals surface area contributed by atoms with Crippen LogP contribution in [0, 0.1) is 0 Å². The third kappa shape index (κ3) is 2.89. The van der Waals surface area contributed by atoms with Crippen molar-refractivity contribution in [2.24, 2.45) is 0 Å². The number of ether oxygens (including phenoxy) is 1. The van der Waals surface area contributed by atoms with Crippen LogP contribution in [0.4, 0.5) is 5.69 Å². The molecule has 0 bridgehead atoms. The Hall–Kier alpha value is -0.740. The van der Waals surface area contributed by atoms with Crippen LogP contribution in [0.1, 0.15) is 12.8 Å². The van der Waals surface area contributed by atoms with E-state index in [0.29, 0.717) is 6.10 Å². The zero-order valence-electron chi connectivity index (χ0n) is 9.45. The molecule has 1 aromatic rings. The predicted octanol–water partition coefficient (Wildman–Crippen LogP) is 2.50. The Bertz CT molecular complexity index is 362. The Morgan fingerprint density at radius 2 is 2.06 bits per heavy atom. The number of nitrogens with two attached hydrogens (primary N) is 1. The van der Waals surface area contributed by atoms with Gasteiger partial charge in [-0.1, -0.05) is 0 Å². The third-order valence-corrected chi connectivity index (χ3v) is 3.53. The Labute approximate surface area is 105 Å². The van der Waals surface area contributed by atoms with Gasteiger partial charge in [-0.2, -0.15) is 0 Å². The van der Waals surface area contributed by atoms with E-state index in [-0.39, 0.29) is 0 Å². The van der Waals surface area contributed by atoms with Crippen LogP contribution in [0.15, 0.2) is 22.7 Å².